The third-order valence-electron chi connectivity index (χ3n) is 4.90. The van der Waals surface area contributed by atoms with Crippen LogP contribution in [0, 0.1) is 5.92 Å². The molecule has 0 amide bonds. The second kappa shape index (κ2) is 6.33. The molecule has 0 bridgehead atoms. The van der Waals surface area contributed by atoms with Crippen LogP contribution in [0.15, 0.2) is 0 Å². The van der Waals surface area contributed by atoms with Gasteiger partial charge in [-0.3, -0.25) is 4.90 Å². The fraction of sp³-hybridized carbons (Fsp3) is 1.00. The highest BCUT2D eigenvalue weighted by Crippen LogP contribution is 2.22. The number of hydrogen-bond acceptors (Lipinski definition) is 4. The number of rotatable bonds is 3. The van der Waals surface area contributed by atoms with Gasteiger partial charge < -0.3 is 15.5 Å². The Hall–Kier alpha value is -0.160. The number of nitrogens with zero attached hydrogens (tertiary/aromatic N) is 2. The van der Waals surface area contributed by atoms with Gasteiger partial charge in [0.15, 0.2) is 0 Å². The summed E-state index contributed by atoms with van der Waals surface area (Å²) in [5, 5.41) is 7.08. The van der Waals surface area contributed by atoms with E-state index in [1.165, 1.54) is 78.2 Å². The number of hydrogen-bond donors (Lipinski definition) is 2. The van der Waals surface area contributed by atoms with Crippen LogP contribution in [0.4, 0.5) is 0 Å². The molecule has 0 aromatic heterocycles. The molecule has 4 nitrogen and oxygen atoms in total. The van der Waals surface area contributed by atoms with Gasteiger partial charge in [0.25, 0.3) is 0 Å². The van der Waals surface area contributed by atoms with Gasteiger partial charge in [-0.05, 0) is 44.8 Å². The van der Waals surface area contributed by atoms with Crippen molar-refractivity contribution in [3.8, 4) is 0 Å². The van der Waals surface area contributed by atoms with Crippen LogP contribution in [0.25, 0.3) is 0 Å². The van der Waals surface area contributed by atoms with E-state index in [0.29, 0.717) is 0 Å². The third kappa shape index (κ3) is 3.05. The lowest BCUT2D eigenvalue weighted by molar-refractivity contribution is 0.0816. The number of likely N-dealkylation sites (tertiary alicyclic amines) is 1. The summed E-state index contributed by atoms with van der Waals surface area (Å²) in [4.78, 5) is 5.43. The van der Waals surface area contributed by atoms with Crippen molar-refractivity contribution >= 4 is 0 Å². The van der Waals surface area contributed by atoms with Crippen molar-refractivity contribution < 1.29 is 0 Å². The van der Waals surface area contributed by atoms with Crippen LogP contribution in [0.5, 0.6) is 0 Å². The zero-order chi connectivity index (χ0) is 12.2. The van der Waals surface area contributed by atoms with Gasteiger partial charge in [-0.1, -0.05) is 0 Å². The summed E-state index contributed by atoms with van der Waals surface area (Å²) in [5.74, 6) is 0.891. The van der Waals surface area contributed by atoms with Crippen molar-refractivity contribution in [2.45, 2.75) is 25.3 Å². The Balaban J connectivity index is 1.57. The standard InChI is InChI=1S/C14H28N4/c1-2-8-17(7-1)12-13-3-4-16-11-14(13)18-9-5-15-6-10-18/h13-16H,1-12H2. The lowest BCUT2D eigenvalue weighted by Crippen LogP contribution is -2.58. The van der Waals surface area contributed by atoms with Crippen LogP contribution in [0.3, 0.4) is 0 Å². The third-order valence-corrected chi connectivity index (χ3v) is 4.90. The van der Waals surface area contributed by atoms with Crippen molar-refractivity contribution in [3.05, 3.63) is 0 Å². The van der Waals surface area contributed by atoms with Gasteiger partial charge in [-0.15, -0.1) is 0 Å². The SMILES string of the molecule is C1CCN(CC2CCNCC2N2CCNCC2)C1. The molecule has 0 spiro atoms. The summed E-state index contributed by atoms with van der Waals surface area (Å²) < 4.78 is 0. The average molecular weight is 252 g/mol. The Morgan fingerprint density at radius 3 is 2.44 bits per heavy atom. The summed E-state index contributed by atoms with van der Waals surface area (Å²) >= 11 is 0. The predicted molar refractivity (Wildman–Crippen MR) is 74.9 cm³/mol. The maximum atomic E-state index is 3.61. The molecule has 3 rings (SSSR count). The second-order valence-electron chi connectivity index (χ2n) is 6.11. The first-order valence-corrected chi connectivity index (χ1v) is 7.81. The summed E-state index contributed by atoms with van der Waals surface area (Å²) in [7, 11) is 0. The van der Waals surface area contributed by atoms with Gasteiger partial charge in [-0.25, -0.2) is 0 Å². The highest BCUT2D eigenvalue weighted by Gasteiger charge is 2.32. The van der Waals surface area contributed by atoms with E-state index in [1.807, 2.05) is 0 Å². The van der Waals surface area contributed by atoms with Crippen molar-refractivity contribution in [3.63, 3.8) is 0 Å². The van der Waals surface area contributed by atoms with Gasteiger partial charge in [0.05, 0.1) is 0 Å². The number of piperidine rings is 1. The molecule has 0 aliphatic carbocycles. The molecule has 2 unspecified atom stereocenters. The molecule has 3 saturated heterocycles. The zero-order valence-electron chi connectivity index (χ0n) is 11.5. The quantitative estimate of drug-likeness (QED) is 0.738. The Labute approximate surface area is 111 Å². The molecule has 0 aromatic rings. The molecule has 3 aliphatic heterocycles. The van der Waals surface area contributed by atoms with Crippen LogP contribution in [0.1, 0.15) is 19.3 Å². The predicted octanol–water partition coefficient (Wildman–Crippen LogP) is -0.0345. The molecule has 18 heavy (non-hydrogen) atoms. The molecule has 0 radical (unpaired) electrons. The molecule has 3 heterocycles. The van der Waals surface area contributed by atoms with Crippen molar-refractivity contribution in [2.24, 2.45) is 5.92 Å². The molecular formula is C14H28N4. The van der Waals surface area contributed by atoms with Crippen molar-refractivity contribution in [1.82, 2.24) is 20.4 Å². The van der Waals surface area contributed by atoms with Crippen molar-refractivity contribution in [2.75, 3.05) is 58.9 Å². The van der Waals surface area contributed by atoms with E-state index < -0.39 is 0 Å². The Bertz CT molecular complexity index is 246. The maximum absolute atomic E-state index is 3.61. The van der Waals surface area contributed by atoms with Crippen LogP contribution in [-0.4, -0.2) is 74.7 Å². The number of nitrogens with one attached hydrogen (secondary N) is 2. The van der Waals surface area contributed by atoms with E-state index in [4.69, 9.17) is 0 Å². The summed E-state index contributed by atoms with van der Waals surface area (Å²) in [6.45, 7) is 11.3. The summed E-state index contributed by atoms with van der Waals surface area (Å²) in [5.41, 5.74) is 0. The second-order valence-corrected chi connectivity index (χ2v) is 6.11. The molecular weight excluding hydrogens is 224 g/mol. The molecule has 3 fully saturated rings. The van der Waals surface area contributed by atoms with E-state index in [-0.39, 0.29) is 0 Å². The minimum Gasteiger partial charge on any atom is -0.315 e. The highest BCUT2D eigenvalue weighted by atomic mass is 15.2. The monoisotopic (exact) mass is 252 g/mol. The Morgan fingerprint density at radius 2 is 1.67 bits per heavy atom. The van der Waals surface area contributed by atoms with E-state index in [2.05, 4.69) is 20.4 Å². The lowest BCUT2D eigenvalue weighted by atomic mass is 9.90. The Morgan fingerprint density at radius 1 is 0.889 bits per heavy atom. The summed E-state index contributed by atoms with van der Waals surface area (Å²) in [6.07, 6.45) is 4.21. The molecule has 104 valence electrons. The minimum atomic E-state index is 0.779. The van der Waals surface area contributed by atoms with Gasteiger partial charge in [0, 0.05) is 45.3 Å². The average Bonchev–Trinajstić information content (AvgIpc) is 2.93. The smallest absolute Gasteiger partial charge is 0.0262 e. The van der Waals surface area contributed by atoms with Crippen LogP contribution < -0.4 is 10.6 Å². The molecule has 0 saturated carbocycles. The van der Waals surface area contributed by atoms with Crippen LogP contribution in [-0.2, 0) is 0 Å². The van der Waals surface area contributed by atoms with Gasteiger partial charge in [0.2, 0.25) is 0 Å². The zero-order valence-corrected chi connectivity index (χ0v) is 11.5. The van der Waals surface area contributed by atoms with E-state index >= 15 is 0 Å². The fourth-order valence-electron chi connectivity index (χ4n) is 3.85. The van der Waals surface area contributed by atoms with Crippen LogP contribution >= 0.6 is 0 Å². The van der Waals surface area contributed by atoms with E-state index in [0.717, 1.165) is 12.0 Å². The molecule has 4 heteroatoms. The highest BCUT2D eigenvalue weighted by molar-refractivity contribution is 4.89. The topological polar surface area (TPSA) is 30.5 Å². The summed E-state index contributed by atoms with van der Waals surface area (Å²) in [6, 6.07) is 0.779. The van der Waals surface area contributed by atoms with Crippen LogP contribution in [0.2, 0.25) is 0 Å². The minimum absolute atomic E-state index is 0.779. The number of piperazine rings is 1. The maximum Gasteiger partial charge on any atom is 0.0262 e. The van der Waals surface area contributed by atoms with Gasteiger partial charge >= 0.3 is 0 Å². The van der Waals surface area contributed by atoms with Gasteiger partial charge in [0.1, 0.15) is 0 Å². The van der Waals surface area contributed by atoms with E-state index in [9.17, 15) is 0 Å². The first kappa shape index (κ1) is 12.9. The molecule has 3 aliphatic rings. The fourth-order valence-corrected chi connectivity index (χ4v) is 3.85. The normalized spacial score (nSPS) is 36.0. The van der Waals surface area contributed by atoms with Gasteiger partial charge in [-0.2, -0.15) is 0 Å². The molecule has 2 N–H and O–H groups in total. The molecule has 2 atom stereocenters. The largest absolute Gasteiger partial charge is 0.315 e. The first-order valence-electron chi connectivity index (χ1n) is 7.81. The van der Waals surface area contributed by atoms with Crippen molar-refractivity contribution in [1.29, 1.82) is 0 Å². The van der Waals surface area contributed by atoms with E-state index in [1.54, 1.807) is 0 Å². The molecule has 0 aromatic carbocycles. The first-order chi connectivity index (χ1) is 8.93. The lowest BCUT2D eigenvalue weighted by Gasteiger charge is -2.43. The Kier molecular flexibility index (Phi) is 4.52.